The number of nitrogens with zero attached hydrogens (tertiary/aromatic N) is 4. The van der Waals surface area contributed by atoms with Crippen molar-refractivity contribution in [2.24, 2.45) is 0 Å². The van der Waals surface area contributed by atoms with Crippen LogP contribution in [0.25, 0.3) is 11.3 Å². The van der Waals surface area contributed by atoms with Crippen molar-refractivity contribution in [1.82, 2.24) is 20.3 Å². The molecule has 0 spiro atoms. The third kappa shape index (κ3) is 5.73. The van der Waals surface area contributed by atoms with Gasteiger partial charge in [0.25, 0.3) is 5.91 Å². The van der Waals surface area contributed by atoms with Crippen LogP contribution < -0.4 is 10.4 Å². The molecule has 0 bridgehead atoms. The number of anilines is 1. The van der Waals surface area contributed by atoms with Crippen LogP contribution in [0.4, 0.5) is 5.82 Å². The first-order valence-corrected chi connectivity index (χ1v) is 10.7. The lowest BCUT2D eigenvalue weighted by atomic mass is 10.1. The molecule has 0 unspecified atom stereocenters. The van der Waals surface area contributed by atoms with E-state index >= 15 is 0 Å². The van der Waals surface area contributed by atoms with E-state index in [2.05, 4.69) is 26.6 Å². The Bertz CT molecular complexity index is 1150. The lowest BCUT2D eigenvalue weighted by Crippen LogP contribution is -2.47. The topological polar surface area (TPSA) is 102 Å². The average Bonchev–Trinajstić information content (AvgIpc) is 2.88. The molecular formula is C25H25N5O3. The molecule has 8 nitrogen and oxygen atoms in total. The van der Waals surface area contributed by atoms with Gasteiger partial charge in [-0.3, -0.25) is 19.9 Å². The highest BCUT2D eigenvalue weighted by Gasteiger charge is 2.20. The van der Waals surface area contributed by atoms with E-state index in [1.807, 2.05) is 36.4 Å². The highest BCUT2D eigenvalue weighted by molar-refractivity contribution is 5.95. The Hall–Kier alpha value is -3.77. The first-order chi connectivity index (χ1) is 16.2. The molecule has 0 aliphatic carbocycles. The van der Waals surface area contributed by atoms with Gasteiger partial charge in [0.2, 0.25) is 0 Å². The fourth-order valence-electron chi connectivity index (χ4n) is 3.67. The van der Waals surface area contributed by atoms with Crippen molar-refractivity contribution >= 4 is 11.7 Å². The number of hydroxylamine groups is 1. The standard InChI is InChI=1S/C25H25N5O3/c31-15-14-29-10-12-30(13-11-29)24-17-22(25(32)28-33)16-23(27-24)21-7-5-19(6-8-21)3-4-20-2-1-9-26-18-20/h1-2,5-9,16-18,31,33H,10-15H2,(H,28,32). The van der Waals surface area contributed by atoms with Crippen molar-refractivity contribution in [3.63, 3.8) is 0 Å². The number of pyridine rings is 2. The number of hydrogen-bond acceptors (Lipinski definition) is 7. The molecule has 1 saturated heterocycles. The number of carbonyl (C=O) groups excluding carboxylic acids is 1. The molecule has 4 rings (SSSR count). The van der Waals surface area contributed by atoms with Gasteiger partial charge in [0.1, 0.15) is 5.82 Å². The van der Waals surface area contributed by atoms with Crippen molar-refractivity contribution in [3.05, 3.63) is 77.6 Å². The number of hydrogen-bond donors (Lipinski definition) is 3. The minimum atomic E-state index is -0.585. The fraction of sp³-hybridized carbons (Fsp3) is 0.240. The molecule has 3 N–H and O–H groups in total. The number of aliphatic hydroxyl groups is 1. The molecule has 1 amide bonds. The third-order valence-electron chi connectivity index (χ3n) is 5.48. The van der Waals surface area contributed by atoms with Gasteiger partial charge >= 0.3 is 0 Å². The van der Waals surface area contributed by atoms with E-state index < -0.39 is 5.91 Å². The average molecular weight is 444 g/mol. The lowest BCUT2D eigenvalue weighted by molar-refractivity contribution is 0.0706. The van der Waals surface area contributed by atoms with Gasteiger partial charge in [-0.1, -0.05) is 24.0 Å². The monoisotopic (exact) mass is 443 g/mol. The molecule has 3 heterocycles. The van der Waals surface area contributed by atoms with Gasteiger partial charge < -0.3 is 10.0 Å². The predicted octanol–water partition coefficient (Wildman–Crippen LogP) is 1.78. The molecule has 0 saturated carbocycles. The van der Waals surface area contributed by atoms with E-state index in [1.165, 1.54) is 0 Å². The van der Waals surface area contributed by atoms with Crippen LogP contribution in [0, 0.1) is 11.8 Å². The van der Waals surface area contributed by atoms with Crippen molar-refractivity contribution in [1.29, 1.82) is 0 Å². The van der Waals surface area contributed by atoms with E-state index in [0.29, 0.717) is 23.6 Å². The summed E-state index contributed by atoms with van der Waals surface area (Å²) in [6, 6.07) is 14.7. The second-order valence-electron chi connectivity index (χ2n) is 7.66. The smallest absolute Gasteiger partial charge is 0.274 e. The van der Waals surface area contributed by atoms with Crippen LogP contribution in [-0.2, 0) is 0 Å². The normalized spacial score (nSPS) is 13.8. The van der Waals surface area contributed by atoms with Crippen LogP contribution in [0.3, 0.4) is 0 Å². The number of aromatic nitrogens is 2. The summed E-state index contributed by atoms with van der Waals surface area (Å²) in [5.74, 6) is 6.29. The van der Waals surface area contributed by atoms with Crippen LogP contribution >= 0.6 is 0 Å². The Kier molecular flexibility index (Phi) is 7.27. The van der Waals surface area contributed by atoms with Gasteiger partial charge in [0.15, 0.2) is 0 Å². The largest absolute Gasteiger partial charge is 0.395 e. The molecule has 168 valence electrons. The number of nitrogens with one attached hydrogen (secondary N) is 1. The van der Waals surface area contributed by atoms with E-state index in [4.69, 9.17) is 15.3 Å². The van der Waals surface area contributed by atoms with Crippen molar-refractivity contribution < 1.29 is 15.1 Å². The van der Waals surface area contributed by atoms with Gasteiger partial charge in [0.05, 0.1) is 12.3 Å². The van der Waals surface area contributed by atoms with E-state index in [0.717, 1.165) is 42.9 Å². The summed E-state index contributed by atoms with van der Waals surface area (Å²) in [7, 11) is 0. The van der Waals surface area contributed by atoms with Gasteiger partial charge in [-0.2, -0.15) is 0 Å². The second-order valence-corrected chi connectivity index (χ2v) is 7.66. The zero-order valence-electron chi connectivity index (χ0n) is 18.1. The number of aliphatic hydroxyl groups excluding tert-OH is 1. The van der Waals surface area contributed by atoms with Gasteiger partial charge in [-0.25, -0.2) is 10.5 Å². The Morgan fingerprint density at radius 3 is 2.45 bits per heavy atom. The summed E-state index contributed by atoms with van der Waals surface area (Å²) in [6.07, 6.45) is 3.43. The van der Waals surface area contributed by atoms with E-state index in [-0.39, 0.29) is 6.61 Å². The highest BCUT2D eigenvalue weighted by Crippen LogP contribution is 2.24. The quantitative estimate of drug-likeness (QED) is 0.314. The highest BCUT2D eigenvalue weighted by atomic mass is 16.5. The van der Waals surface area contributed by atoms with Crippen molar-refractivity contribution in [2.45, 2.75) is 0 Å². The Morgan fingerprint density at radius 2 is 1.79 bits per heavy atom. The minimum Gasteiger partial charge on any atom is -0.395 e. The van der Waals surface area contributed by atoms with Crippen molar-refractivity contribution in [2.75, 3.05) is 44.2 Å². The van der Waals surface area contributed by atoms with Gasteiger partial charge in [-0.05, 0) is 36.4 Å². The minimum absolute atomic E-state index is 0.136. The van der Waals surface area contributed by atoms with Crippen LogP contribution in [0.15, 0.2) is 60.9 Å². The van der Waals surface area contributed by atoms with E-state index in [1.54, 1.807) is 30.0 Å². The van der Waals surface area contributed by atoms with Gasteiger partial charge in [-0.15, -0.1) is 0 Å². The number of rotatable bonds is 5. The number of benzene rings is 1. The summed E-state index contributed by atoms with van der Waals surface area (Å²) in [5.41, 5.74) is 5.21. The molecule has 0 atom stereocenters. The molecule has 1 aliphatic heterocycles. The SMILES string of the molecule is O=C(NO)c1cc(-c2ccc(C#Cc3cccnc3)cc2)nc(N2CCN(CCO)CC2)c1. The molecule has 8 heteroatoms. The van der Waals surface area contributed by atoms with Crippen molar-refractivity contribution in [3.8, 4) is 23.1 Å². The van der Waals surface area contributed by atoms with Crippen LogP contribution in [-0.4, -0.2) is 70.4 Å². The van der Waals surface area contributed by atoms with Crippen LogP contribution in [0.1, 0.15) is 21.5 Å². The Balaban J connectivity index is 1.58. The second kappa shape index (κ2) is 10.7. The summed E-state index contributed by atoms with van der Waals surface area (Å²) in [4.78, 5) is 25.3. The molecule has 33 heavy (non-hydrogen) atoms. The maximum atomic E-state index is 12.2. The third-order valence-corrected chi connectivity index (χ3v) is 5.48. The zero-order valence-corrected chi connectivity index (χ0v) is 18.1. The number of amides is 1. The van der Waals surface area contributed by atoms with Crippen LogP contribution in [0.2, 0.25) is 0 Å². The molecule has 0 radical (unpaired) electrons. The maximum absolute atomic E-state index is 12.2. The van der Waals surface area contributed by atoms with E-state index in [9.17, 15) is 4.79 Å². The molecule has 2 aromatic heterocycles. The number of β-amino-alcohol motifs (C(OH)–C–C–N with tert-alkyl or cyclic N) is 1. The summed E-state index contributed by atoms with van der Waals surface area (Å²) in [5, 5.41) is 18.3. The van der Waals surface area contributed by atoms with Gasteiger partial charge in [0, 0.05) is 67.4 Å². The fourth-order valence-corrected chi connectivity index (χ4v) is 3.67. The molecular weight excluding hydrogens is 418 g/mol. The Morgan fingerprint density at radius 1 is 1.03 bits per heavy atom. The van der Waals surface area contributed by atoms with Crippen LogP contribution in [0.5, 0.6) is 0 Å². The molecule has 3 aromatic rings. The molecule has 1 aliphatic rings. The number of piperazine rings is 1. The summed E-state index contributed by atoms with van der Waals surface area (Å²) >= 11 is 0. The lowest BCUT2D eigenvalue weighted by Gasteiger charge is -2.35. The molecule has 1 fully saturated rings. The summed E-state index contributed by atoms with van der Waals surface area (Å²) in [6.45, 7) is 3.86. The first-order valence-electron chi connectivity index (χ1n) is 10.7. The predicted molar refractivity (Wildman–Crippen MR) is 125 cm³/mol. The summed E-state index contributed by atoms with van der Waals surface area (Å²) < 4.78 is 0. The number of carbonyl (C=O) groups is 1. The maximum Gasteiger partial charge on any atom is 0.274 e. The first kappa shape index (κ1) is 22.4. The molecule has 1 aromatic carbocycles. The Labute approximate surface area is 192 Å². The zero-order chi connectivity index (χ0) is 23.0.